The van der Waals surface area contributed by atoms with E-state index >= 15 is 0 Å². The number of anilines is 2. The smallest absolute Gasteiger partial charge is 0.225 e. The number of rotatable bonds is 7. The van der Waals surface area contributed by atoms with Crippen molar-refractivity contribution in [1.29, 1.82) is 0 Å². The van der Waals surface area contributed by atoms with E-state index in [2.05, 4.69) is 30.6 Å². The molecule has 25 heavy (non-hydrogen) atoms. The average Bonchev–Trinajstić information content (AvgIpc) is 2.67. The van der Waals surface area contributed by atoms with Gasteiger partial charge in [0.15, 0.2) is 0 Å². The highest BCUT2D eigenvalue weighted by molar-refractivity contribution is 5.61. The van der Waals surface area contributed by atoms with Crippen LogP contribution >= 0.6 is 0 Å². The Morgan fingerprint density at radius 2 is 1.80 bits per heavy atom. The van der Waals surface area contributed by atoms with E-state index in [9.17, 15) is 5.11 Å². The zero-order valence-corrected chi connectivity index (χ0v) is 13.9. The lowest BCUT2D eigenvalue weighted by molar-refractivity contribution is 0.281. The van der Waals surface area contributed by atoms with Crippen molar-refractivity contribution >= 4 is 11.8 Å². The molecule has 7 nitrogen and oxygen atoms in total. The molecular weight excluding hydrogens is 316 g/mol. The number of hydrogen-bond donors (Lipinski definition) is 3. The molecule has 0 saturated heterocycles. The van der Waals surface area contributed by atoms with Crippen LogP contribution in [-0.2, 0) is 6.54 Å². The van der Waals surface area contributed by atoms with Gasteiger partial charge in [-0.1, -0.05) is 12.1 Å². The van der Waals surface area contributed by atoms with Crippen molar-refractivity contribution in [3.63, 3.8) is 0 Å². The molecular formula is C18H20N6O. The summed E-state index contributed by atoms with van der Waals surface area (Å²) in [5.74, 6) is 1.10. The summed E-state index contributed by atoms with van der Waals surface area (Å²) in [4.78, 5) is 17.6. The minimum absolute atomic E-state index is 0.00608. The molecule has 3 N–H and O–H groups in total. The minimum Gasteiger partial charge on any atom is -0.394 e. The molecule has 0 aliphatic carbocycles. The Bertz CT molecular complexity index is 797. The van der Waals surface area contributed by atoms with E-state index in [0.717, 1.165) is 11.4 Å². The average molecular weight is 336 g/mol. The van der Waals surface area contributed by atoms with Gasteiger partial charge in [0.2, 0.25) is 5.95 Å². The van der Waals surface area contributed by atoms with Gasteiger partial charge >= 0.3 is 0 Å². The van der Waals surface area contributed by atoms with Crippen LogP contribution in [-0.4, -0.2) is 37.7 Å². The van der Waals surface area contributed by atoms with Crippen LogP contribution in [0.2, 0.25) is 0 Å². The van der Waals surface area contributed by atoms with E-state index in [1.807, 2.05) is 49.4 Å². The first-order chi connectivity index (χ1) is 12.2. The van der Waals surface area contributed by atoms with Gasteiger partial charge in [-0.2, -0.15) is 4.98 Å². The van der Waals surface area contributed by atoms with Gasteiger partial charge < -0.3 is 15.7 Å². The summed E-state index contributed by atoms with van der Waals surface area (Å²) in [6.45, 7) is 2.40. The largest absolute Gasteiger partial charge is 0.394 e. The Morgan fingerprint density at radius 1 is 1.00 bits per heavy atom. The molecule has 3 heterocycles. The lowest BCUT2D eigenvalue weighted by Gasteiger charge is -2.14. The van der Waals surface area contributed by atoms with Gasteiger partial charge in [0.05, 0.1) is 30.2 Å². The van der Waals surface area contributed by atoms with Gasteiger partial charge in [0, 0.05) is 24.5 Å². The molecule has 1 atom stereocenters. The van der Waals surface area contributed by atoms with Crippen molar-refractivity contribution in [3.8, 4) is 11.4 Å². The van der Waals surface area contributed by atoms with Gasteiger partial charge in [0.1, 0.15) is 5.82 Å². The molecule has 0 bridgehead atoms. The molecule has 128 valence electrons. The molecule has 0 aromatic carbocycles. The number of pyridine rings is 2. The first kappa shape index (κ1) is 16.8. The first-order valence-corrected chi connectivity index (χ1v) is 8.06. The normalized spacial score (nSPS) is 11.8. The molecule has 3 aromatic rings. The number of hydrogen-bond acceptors (Lipinski definition) is 7. The molecule has 0 radical (unpaired) electrons. The fourth-order valence-electron chi connectivity index (χ4n) is 2.20. The minimum atomic E-state index is -0.150. The Kier molecular flexibility index (Phi) is 5.48. The number of aliphatic hydroxyl groups is 1. The third kappa shape index (κ3) is 4.71. The van der Waals surface area contributed by atoms with E-state index in [4.69, 9.17) is 0 Å². The standard InChI is InChI=1S/C18H20N6O/c1-13(12-25)22-18-23-16(15-7-3-5-9-20-15)10-17(24-18)21-11-14-6-2-4-8-19-14/h2-10,13,25H,11-12H2,1H3,(H2,21,22,23,24)/t13-/m0/s1. The summed E-state index contributed by atoms with van der Waals surface area (Å²) in [7, 11) is 0. The van der Waals surface area contributed by atoms with E-state index in [1.165, 1.54) is 0 Å². The predicted molar refractivity (Wildman–Crippen MR) is 97.0 cm³/mol. The Labute approximate surface area is 146 Å². The van der Waals surface area contributed by atoms with Gasteiger partial charge in [-0.15, -0.1) is 0 Å². The van der Waals surface area contributed by atoms with Crippen LogP contribution < -0.4 is 10.6 Å². The molecule has 0 aliphatic rings. The van der Waals surface area contributed by atoms with Crippen LogP contribution in [0.4, 0.5) is 11.8 Å². The zero-order valence-electron chi connectivity index (χ0n) is 13.9. The molecule has 0 spiro atoms. The number of nitrogens with one attached hydrogen (secondary N) is 2. The molecule has 0 saturated carbocycles. The van der Waals surface area contributed by atoms with Crippen molar-refractivity contribution in [2.45, 2.75) is 19.5 Å². The fraction of sp³-hybridized carbons (Fsp3) is 0.222. The lowest BCUT2D eigenvalue weighted by atomic mass is 10.2. The summed E-state index contributed by atoms with van der Waals surface area (Å²) in [5.41, 5.74) is 2.37. The summed E-state index contributed by atoms with van der Waals surface area (Å²) in [5, 5.41) is 15.6. The van der Waals surface area contributed by atoms with E-state index in [-0.39, 0.29) is 12.6 Å². The van der Waals surface area contributed by atoms with Crippen molar-refractivity contribution in [1.82, 2.24) is 19.9 Å². The zero-order chi connectivity index (χ0) is 17.5. The van der Waals surface area contributed by atoms with E-state index < -0.39 is 0 Å². The highest BCUT2D eigenvalue weighted by atomic mass is 16.3. The lowest BCUT2D eigenvalue weighted by Crippen LogP contribution is -2.21. The van der Waals surface area contributed by atoms with Gasteiger partial charge in [-0.05, 0) is 31.2 Å². The SMILES string of the molecule is C[C@@H](CO)Nc1nc(NCc2ccccn2)cc(-c2ccccn2)n1. The Balaban J connectivity index is 1.86. The monoisotopic (exact) mass is 336 g/mol. The highest BCUT2D eigenvalue weighted by Gasteiger charge is 2.10. The topological polar surface area (TPSA) is 95.8 Å². The second-order valence-electron chi connectivity index (χ2n) is 5.58. The predicted octanol–water partition coefficient (Wildman–Crippen LogP) is 2.34. The van der Waals surface area contributed by atoms with Crippen LogP contribution in [0.25, 0.3) is 11.4 Å². The maximum atomic E-state index is 9.25. The van der Waals surface area contributed by atoms with E-state index in [1.54, 1.807) is 12.4 Å². The Morgan fingerprint density at radius 3 is 2.48 bits per heavy atom. The van der Waals surface area contributed by atoms with Crippen molar-refractivity contribution in [3.05, 3.63) is 60.6 Å². The van der Waals surface area contributed by atoms with E-state index in [0.29, 0.717) is 24.0 Å². The number of aliphatic hydroxyl groups excluding tert-OH is 1. The first-order valence-electron chi connectivity index (χ1n) is 8.06. The third-order valence-electron chi connectivity index (χ3n) is 3.48. The van der Waals surface area contributed by atoms with Crippen molar-refractivity contribution < 1.29 is 5.11 Å². The molecule has 3 aromatic heterocycles. The molecule has 0 fully saturated rings. The molecule has 0 unspecified atom stereocenters. The summed E-state index contributed by atoms with van der Waals surface area (Å²) < 4.78 is 0. The second-order valence-corrected chi connectivity index (χ2v) is 5.58. The molecule has 3 rings (SSSR count). The van der Waals surface area contributed by atoms with Crippen LogP contribution in [0.15, 0.2) is 54.9 Å². The van der Waals surface area contributed by atoms with Crippen molar-refractivity contribution in [2.24, 2.45) is 0 Å². The number of nitrogens with zero attached hydrogens (tertiary/aromatic N) is 4. The quantitative estimate of drug-likeness (QED) is 0.609. The van der Waals surface area contributed by atoms with Crippen LogP contribution in [0, 0.1) is 0 Å². The summed E-state index contributed by atoms with van der Waals surface area (Å²) >= 11 is 0. The third-order valence-corrected chi connectivity index (χ3v) is 3.48. The van der Waals surface area contributed by atoms with Gasteiger partial charge in [0.25, 0.3) is 0 Å². The van der Waals surface area contributed by atoms with Crippen molar-refractivity contribution in [2.75, 3.05) is 17.2 Å². The van der Waals surface area contributed by atoms with Gasteiger partial charge in [-0.25, -0.2) is 4.98 Å². The maximum absolute atomic E-state index is 9.25. The molecule has 0 aliphatic heterocycles. The number of aromatic nitrogens is 4. The van der Waals surface area contributed by atoms with Gasteiger partial charge in [-0.3, -0.25) is 9.97 Å². The van der Waals surface area contributed by atoms with Crippen LogP contribution in [0.5, 0.6) is 0 Å². The maximum Gasteiger partial charge on any atom is 0.225 e. The second kappa shape index (κ2) is 8.16. The molecule has 7 heteroatoms. The fourth-order valence-corrected chi connectivity index (χ4v) is 2.20. The summed E-state index contributed by atoms with van der Waals surface area (Å²) in [6.07, 6.45) is 3.48. The molecule has 0 amide bonds. The van der Waals surface area contributed by atoms with Crippen LogP contribution in [0.1, 0.15) is 12.6 Å². The summed E-state index contributed by atoms with van der Waals surface area (Å²) in [6, 6.07) is 13.1. The Hall–Kier alpha value is -3.06. The van der Waals surface area contributed by atoms with Crippen LogP contribution in [0.3, 0.4) is 0 Å². The highest BCUT2D eigenvalue weighted by Crippen LogP contribution is 2.20.